The number of esters is 1. The molecule has 8 heteroatoms. The Labute approximate surface area is 235 Å². The second-order valence-electron chi connectivity index (χ2n) is 8.89. The molecular formula is C32H22ClFN2O4. The summed E-state index contributed by atoms with van der Waals surface area (Å²) in [6.07, 6.45) is 2.85. The van der Waals surface area contributed by atoms with Crippen LogP contribution in [0, 0.1) is 17.1 Å². The molecular weight excluding hydrogens is 531 g/mol. The Morgan fingerprint density at radius 3 is 2.60 bits per heavy atom. The highest BCUT2D eigenvalue weighted by Crippen LogP contribution is 2.44. The van der Waals surface area contributed by atoms with Crippen LogP contribution in [0.2, 0.25) is 5.02 Å². The van der Waals surface area contributed by atoms with E-state index in [4.69, 9.17) is 31.5 Å². The van der Waals surface area contributed by atoms with Gasteiger partial charge in [0, 0.05) is 22.7 Å². The molecule has 1 aliphatic heterocycles. The van der Waals surface area contributed by atoms with Gasteiger partial charge in [-0.1, -0.05) is 60.1 Å². The van der Waals surface area contributed by atoms with Crippen LogP contribution in [0.1, 0.15) is 28.2 Å². The Morgan fingerprint density at radius 2 is 1.82 bits per heavy atom. The number of nitriles is 1. The van der Waals surface area contributed by atoms with Gasteiger partial charge >= 0.3 is 5.97 Å². The Morgan fingerprint density at radius 1 is 1.02 bits per heavy atom. The van der Waals surface area contributed by atoms with Crippen LogP contribution in [-0.2, 0) is 11.4 Å². The zero-order valence-electron chi connectivity index (χ0n) is 21.0. The van der Waals surface area contributed by atoms with Crippen LogP contribution in [-0.4, -0.2) is 5.97 Å². The number of halogens is 2. The van der Waals surface area contributed by atoms with Gasteiger partial charge < -0.3 is 19.9 Å². The van der Waals surface area contributed by atoms with Gasteiger partial charge in [-0.15, -0.1) is 0 Å². The second-order valence-corrected chi connectivity index (χ2v) is 9.30. The molecule has 2 N–H and O–H groups in total. The van der Waals surface area contributed by atoms with Crippen LogP contribution in [0.5, 0.6) is 17.2 Å². The maximum atomic E-state index is 13.2. The zero-order valence-corrected chi connectivity index (χ0v) is 21.8. The van der Waals surface area contributed by atoms with Crippen molar-refractivity contribution in [1.29, 1.82) is 5.26 Å². The van der Waals surface area contributed by atoms with Crippen molar-refractivity contribution in [2.75, 3.05) is 0 Å². The lowest BCUT2D eigenvalue weighted by Crippen LogP contribution is -2.21. The monoisotopic (exact) mass is 552 g/mol. The van der Waals surface area contributed by atoms with Gasteiger partial charge in [-0.2, -0.15) is 5.26 Å². The lowest BCUT2D eigenvalue weighted by molar-refractivity contribution is -0.128. The van der Waals surface area contributed by atoms with Gasteiger partial charge in [0.05, 0.1) is 5.92 Å². The first-order valence-electron chi connectivity index (χ1n) is 12.2. The van der Waals surface area contributed by atoms with Crippen LogP contribution in [0.4, 0.5) is 4.39 Å². The minimum Gasteiger partial charge on any atom is -0.489 e. The van der Waals surface area contributed by atoms with Crippen LogP contribution in [0.15, 0.2) is 109 Å². The standard InChI is InChI=1S/C32H22ClFN2O4/c33-28-7-2-1-4-21(28)10-15-30(37)39-25-13-14-26-29(17-25)40-32(36)27(18-35)31(26)22-5-3-6-24(16-22)38-19-20-8-11-23(34)12-9-20/h1-17,31H,19,36H2/b15-10+. The van der Waals surface area contributed by atoms with E-state index in [-0.39, 0.29) is 29.6 Å². The average molecular weight is 553 g/mol. The molecule has 4 aromatic carbocycles. The van der Waals surface area contributed by atoms with Gasteiger partial charge in [-0.3, -0.25) is 0 Å². The smallest absolute Gasteiger partial charge is 0.336 e. The molecule has 0 saturated heterocycles. The van der Waals surface area contributed by atoms with E-state index in [9.17, 15) is 14.4 Å². The first-order chi connectivity index (χ1) is 19.4. The molecule has 198 valence electrons. The number of nitrogens with zero attached hydrogens (tertiary/aromatic N) is 1. The number of nitrogens with two attached hydrogens (primary N) is 1. The van der Waals surface area contributed by atoms with E-state index in [2.05, 4.69) is 6.07 Å². The van der Waals surface area contributed by atoms with Crippen LogP contribution < -0.4 is 19.9 Å². The third-order valence-corrected chi connectivity index (χ3v) is 6.57. The summed E-state index contributed by atoms with van der Waals surface area (Å²) in [4.78, 5) is 12.4. The Kier molecular flexibility index (Phi) is 7.81. The van der Waals surface area contributed by atoms with E-state index in [1.165, 1.54) is 18.2 Å². The first-order valence-corrected chi connectivity index (χ1v) is 12.6. The molecule has 40 heavy (non-hydrogen) atoms. The van der Waals surface area contributed by atoms with Crippen molar-refractivity contribution in [2.45, 2.75) is 12.5 Å². The predicted molar refractivity (Wildman–Crippen MR) is 149 cm³/mol. The van der Waals surface area contributed by atoms with Crippen molar-refractivity contribution < 1.29 is 23.4 Å². The van der Waals surface area contributed by atoms with E-state index >= 15 is 0 Å². The molecule has 4 aromatic rings. The maximum Gasteiger partial charge on any atom is 0.336 e. The number of hydrogen-bond donors (Lipinski definition) is 1. The second kappa shape index (κ2) is 11.8. The summed E-state index contributed by atoms with van der Waals surface area (Å²) in [5.41, 5.74) is 9.31. The van der Waals surface area contributed by atoms with Crippen LogP contribution >= 0.6 is 11.6 Å². The molecule has 0 spiro atoms. The average Bonchev–Trinajstić information content (AvgIpc) is 2.96. The Bertz CT molecular complexity index is 1680. The molecule has 1 heterocycles. The van der Waals surface area contributed by atoms with Crippen molar-refractivity contribution in [3.63, 3.8) is 0 Å². The van der Waals surface area contributed by atoms with Crippen LogP contribution in [0.25, 0.3) is 6.08 Å². The Balaban J connectivity index is 1.37. The van der Waals surface area contributed by atoms with E-state index < -0.39 is 11.9 Å². The summed E-state index contributed by atoms with van der Waals surface area (Å²) in [6.45, 7) is 0.247. The molecule has 1 atom stereocenters. The van der Waals surface area contributed by atoms with E-state index in [0.717, 1.165) is 11.1 Å². The van der Waals surface area contributed by atoms with Gasteiger partial charge in [0.15, 0.2) is 0 Å². The quantitative estimate of drug-likeness (QED) is 0.152. The number of ether oxygens (including phenoxy) is 3. The molecule has 6 nitrogen and oxygen atoms in total. The largest absolute Gasteiger partial charge is 0.489 e. The summed E-state index contributed by atoms with van der Waals surface area (Å²) < 4.78 is 30.3. The number of hydrogen-bond acceptors (Lipinski definition) is 6. The zero-order chi connectivity index (χ0) is 28.1. The molecule has 0 saturated carbocycles. The minimum atomic E-state index is -0.598. The molecule has 1 unspecified atom stereocenters. The van der Waals surface area contributed by atoms with Crippen molar-refractivity contribution >= 4 is 23.6 Å². The van der Waals surface area contributed by atoms with Gasteiger partial charge in [-0.05, 0) is 59.2 Å². The van der Waals surface area contributed by atoms with Crippen molar-refractivity contribution in [3.8, 4) is 23.3 Å². The number of carbonyl (C=O) groups excluding carboxylic acids is 1. The first kappa shape index (κ1) is 26.5. The highest BCUT2D eigenvalue weighted by molar-refractivity contribution is 6.32. The fourth-order valence-electron chi connectivity index (χ4n) is 4.29. The van der Waals surface area contributed by atoms with E-state index in [1.807, 2.05) is 24.3 Å². The summed E-state index contributed by atoms with van der Waals surface area (Å²) in [5, 5.41) is 10.4. The molecule has 0 bridgehead atoms. The summed E-state index contributed by atoms with van der Waals surface area (Å²) in [6, 6.07) is 27.6. The molecule has 0 radical (unpaired) electrons. The molecule has 0 aliphatic carbocycles. The van der Waals surface area contributed by atoms with Crippen LogP contribution in [0.3, 0.4) is 0 Å². The molecule has 0 aromatic heterocycles. The summed E-state index contributed by atoms with van der Waals surface area (Å²) in [5.74, 6) is -0.312. The third kappa shape index (κ3) is 5.98. The van der Waals surface area contributed by atoms with Crippen molar-refractivity contribution in [2.24, 2.45) is 5.73 Å². The number of carbonyl (C=O) groups is 1. The van der Waals surface area contributed by atoms with E-state index in [0.29, 0.717) is 27.6 Å². The number of allylic oxidation sites excluding steroid dienone is 1. The molecule has 1 aliphatic rings. The highest BCUT2D eigenvalue weighted by Gasteiger charge is 2.31. The number of rotatable bonds is 7. The lowest BCUT2D eigenvalue weighted by atomic mass is 9.83. The van der Waals surface area contributed by atoms with Gasteiger partial charge in [0.2, 0.25) is 5.88 Å². The van der Waals surface area contributed by atoms with Crippen molar-refractivity contribution in [3.05, 3.63) is 142 Å². The van der Waals surface area contributed by atoms with Crippen molar-refractivity contribution in [1.82, 2.24) is 0 Å². The predicted octanol–water partition coefficient (Wildman–Crippen LogP) is 6.90. The Hall–Kier alpha value is -5.06. The number of fused-ring (bicyclic) bond motifs is 1. The minimum absolute atomic E-state index is 0.0419. The van der Waals surface area contributed by atoms with Gasteiger partial charge in [-0.25, -0.2) is 9.18 Å². The fourth-order valence-corrected chi connectivity index (χ4v) is 4.49. The third-order valence-electron chi connectivity index (χ3n) is 6.22. The number of benzene rings is 4. The maximum absolute atomic E-state index is 13.2. The topological polar surface area (TPSA) is 94.6 Å². The summed E-state index contributed by atoms with van der Waals surface area (Å²) >= 11 is 6.13. The molecule has 0 amide bonds. The van der Waals surface area contributed by atoms with Gasteiger partial charge in [0.25, 0.3) is 0 Å². The molecule has 5 rings (SSSR count). The molecule has 0 fully saturated rings. The normalized spacial score (nSPS) is 14.3. The van der Waals surface area contributed by atoms with Gasteiger partial charge in [0.1, 0.15) is 41.3 Å². The lowest BCUT2D eigenvalue weighted by Gasteiger charge is -2.27. The fraction of sp³-hybridized carbons (Fsp3) is 0.0625. The van der Waals surface area contributed by atoms with E-state index in [1.54, 1.807) is 60.7 Å². The summed E-state index contributed by atoms with van der Waals surface area (Å²) in [7, 11) is 0. The SMILES string of the molecule is N#CC1=C(N)Oc2cc(OC(=O)/C=C/c3ccccc3Cl)ccc2C1c1cccc(OCc2ccc(F)cc2)c1. The highest BCUT2D eigenvalue weighted by atomic mass is 35.5.